The average Bonchev–Trinajstić information content (AvgIpc) is 2.77. The van der Waals surface area contributed by atoms with Crippen LogP contribution in [0.3, 0.4) is 0 Å². The maximum Gasteiger partial charge on any atom is 0.225 e. The number of H-pyrrole nitrogens is 1. The van der Waals surface area contributed by atoms with E-state index in [-0.39, 0.29) is 18.6 Å². The Morgan fingerprint density at radius 1 is 1.48 bits per heavy atom. The minimum atomic E-state index is 0.0346. The van der Waals surface area contributed by atoms with Gasteiger partial charge in [0.25, 0.3) is 0 Å². The van der Waals surface area contributed by atoms with Crippen LogP contribution in [0.2, 0.25) is 0 Å². The van der Waals surface area contributed by atoms with Gasteiger partial charge in [-0.1, -0.05) is 19.3 Å². The number of aromatic amines is 1. The minimum Gasteiger partial charge on any atom is -0.396 e. The number of amides is 1. The van der Waals surface area contributed by atoms with Crippen LogP contribution in [-0.4, -0.2) is 28.6 Å². The number of carbonyl (C=O) groups is 1. The van der Waals surface area contributed by atoms with Gasteiger partial charge < -0.3 is 15.4 Å². The number of aromatic nitrogens is 1. The largest absolute Gasteiger partial charge is 0.396 e. The molecule has 1 aliphatic rings. The molecule has 21 heavy (non-hydrogen) atoms. The van der Waals surface area contributed by atoms with Gasteiger partial charge in [0.2, 0.25) is 5.91 Å². The first-order chi connectivity index (χ1) is 10.1. The standard InChI is InChI=1S/C15H24N2O2S2/c1-10-13(21-15(20)16-10)9-14(19)17-12(7-8-18)11-5-3-2-4-6-11/h11-12,18H,2-9H2,1H3,(H,16,20)(H,17,19). The monoisotopic (exact) mass is 328 g/mol. The molecule has 2 rings (SSSR count). The first kappa shape index (κ1) is 16.6. The van der Waals surface area contributed by atoms with E-state index in [9.17, 15) is 9.90 Å². The molecule has 1 amide bonds. The Bertz CT molecular complexity index is 518. The van der Waals surface area contributed by atoms with Gasteiger partial charge in [-0.3, -0.25) is 4.79 Å². The lowest BCUT2D eigenvalue weighted by Gasteiger charge is -2.30. The molecule has 1 aromatic heterocycles. The number of aliphatic hydroxyl groups excluding tert-OH is 1. The molecule has 0 bridgehead atoms. The van der Waals surface area contributed by atoms with Crippen LogP contribution in [0.25, 0.3) is 0 Å². The second-order valence-electron chi connectivity index (χ2n) is 5.82. The van der Waals surface area contributed by atoms with E-state index in [0.29, 0.717) is 18.8 Å². The van der Waals surface area contributed by atoms with E-state index in [1.807, 2.05) is 6.92 Å². The Morgan fingerprint density at radius 2 is 2.19 bits per heavy atom. The molecular weight excluding hydrogens is 304 g/mol. The Labute approximate surface area is 135 Å². The molecule has 4 nitrogen and oxygen atoms in total. The van der Waals surface area contributed by atoms with Crippen molar-refractivity contribution < 1.29 is 9.90 Å². The predicted molar refractivity (Wildman–Crippen MR) is 88.2 cm³/mol. The second kappa shape index (κ2) is 8.06. The molecular formula is C15H24N2O2S2. The number of aryl methyl sites for hydroxylation is 1. The van der Waals surface area contributed by atoms with Gasteiger partial charge in [-0.25, -0.2) is 0 Å². The van der Waals surface area contributed by atoms with Crippen LogP contribution in [0.15, 0.2) is 0 Å². The first-order valence-electron chi connectivity index (χ1n) is 7.69. The molecule has 1 saturated carbocycles. The molecule has 1 atom stereocenters. The number of thiazole rings is 1. The molecule has 1 aromatic rings. The maximum atomic E-state index is 12.3. The highest BCUT2D eigenvalue weighted by molar-refractivity contribution is 7.73. The fourth-order valence-electron chi connectivity index (χ4n) is 3.11. The van der Waals surface area contributed by atoms with Crippen LogP contribution in [0.1, 0.15) is 49.1 Å². The molecule has 1 aliphatic carbocycles. The van der Waals surface area contributed by atoms with E-state index in [0.717, 1.165) is 27.4 Å². The zero-order valence-electron chi connectivity index (χ0n) is 12.5. The molecule has 0 aromatic carbocycles. The van der Waals surface area contributed by atoms with E-state index < -0.39 is 0 Å². The number of aliphatic hydroxyl groups is 1. The van der Waals surface area contributed by atoms with Gasteiger partial charge in [0.15, 0.2) is 3.95 Å². The van der Waals surface area contributed by atoms with Crippen LogP contribution >= 0.6 is 23.6 Å². The van der Waals surface area contributed by atoms with Gasteiger partial charge >= 0.3 is 0 Å². The lowest BCUT2D eigenvalue weighted by molar-refractivity contribution is -0.121. The highest BCUT2D eigenvalue weighted by Crippen LogP contribution is 2.28. The number of carbonyl (C=O) groups excluding carboxylic acids is 1. The lowest BCUT2D eigenvalue weighted by Crippen LogP contribution is -2.42. The highest BCUT2D eigenvalue weighted by Gasteiger charge is 2.25. The Kier molecular flexibility index (Phi) is 6.39. The van der Waals surface area contributed by atoms with E-state index >= 15 is 0 Å². The van der Waals surface area contributed by atoms with E-state index in [2.05, 4.69) is 10.3 Å². The Morgan fingerprint density at radius 3 is 2.76 bits per heavy atom. The maximum absolute atomic E-state index is 12.3. The summed E-state index contributed by atoms with van der Waals surface area (Å²) in [6.07, 6.45) is 7.11. The van der Waals surface area contributed by atoms with Crippen molar-refractivity contribution in [1.29, 1.82) is 0 Å². The van der Waals surface area contributed by atoms with Gasteiger partial charge in [-0.2, -0.15) is 0 Å². The van der Waals surface area contributed by atoms with Gasteiger partial charge in [0, 0.05) is 23.2 Å². The average molecular weight is 329 g/mol. The third kappa shape index (κ3) is 4.90. The SMILES string of the molecule is Cc1[nH]c(=S)sc1CC(=O)NC(CCO)C1CCCCC1. The van der Waals surface area contributed by atoms with Crippen molar-refractivity contribution in [3.63, 3.8) is 0 Å². The van der Waals surface area contributed by atoms with Crippen molar-refractivity contribution in [1.82, 2.24) is 10.3 Å². The molecule has 0 spiro atoms. The third-order valence-corrected chi connectivity index (χ3v) is 5.59. The van der Waals surface area contributed by atoms with E-state index in [4.69, 9.17) is 12.2 Å². The zero-order valence-corrected chi connectivity index (χ0v) is 14.1. The van der Waals surface area contributed by atoms with Crippen molar-refractivity contribution in [2.75, 3.05) is 6.61 Å². The van der Waals surface area contributed by atoms with Gasteiger partial charge in [-0.15, -0.1) is 11.3 Å². The van der Waals surface area contributed by atoms with Crippen LogP contribution < -0.4 is 5.32 Å². The molecule has 6 heteroatoms. The van der Waals surface area contributed by atoms with Crippen LogP contribution in [0.5, 0.6) is 0 Å². The van der Waals surface area contributed by atoms with Gasteiger partial charge in [-0.05, 0) is 44.3 Å². The summed E-state index contributed by atoms with van der Waals surface area (Å²) in [7, 11) is 0. The van der Waals surface area contributed by atoms with Crippen molar-refractivity contribution in [3.8, 4) is 0 Å². The first-order valence-corrected chi connectivity index (χ1v) is 8.91. The quantitative estimate of drug-likeness (QED) is 0.703. The van der Waals surface area contributed by atoms with Crippen LogP contribution in [-0.2, 0) is 11.2 Å². The lowest BCUT2D eigenvalue weighted by atomic mass is 9.82. The summed E-state index contributed by atoms with van der Waals surface area (Å²) in [5.41, 5.74) is 0.983. The number of rotatable bonds is 6. The summed E-state index contributed by atoms with van der Waals surface area (Å²) in [6, 6.07) is 0.106. The molecule has 1 heterocycles. The molecule has 118 valence electrons. The van der Waals surface area contributed by atoms with E-state index in [1.54, 1.807) is 0 Å². The van der Waals surface area contributed by atoms with E-state index in [1.165, 1.54) is 30.6 Å². The van der Waals surface area contributed by atoms with Gasteiger partial charge in [0.05, 0.1) is 6.42 Å². The summed E-state index contributed by atoms with van der Waals surface area (Å²) in [5, 5.41) is 12.4. The molecule has 0 radical (unpaired) electrons. The number of hydrogen-bond acceptors (Lipinski definition) is 4. The summed E-state index contributed by atoms with van der Waals surface area (Å²) in [4.78, 5) is 16.3. The number of nitrogens with one attached hydrogen (secondary N) is 2. The predicted octanol–water partition coefficient (Wildman–Crippen LogP) is 3.10. The Balaban J connectivity index is 1.94. The summed E-state index contributed by atoms with van der Waals surface area (Å²) < 4.78 is 0.717. The zero-order chi connectivity index (χ0) is 15.2. The third-order valence-electron chi connectivity index (χ3n) is 4.25. The molecule has 3 N–H and O–H groups in total. The van der Waals surface area contributed by atoms with Crippen molar-refractivity contribution in [2.45, 2.75) is 57.9 Å². The Hall–Kier alpha value is -0.720. The number of hydrogen-bond donors (Lipinski definition) is 3. The van der Waals surface area contributed by atoms with Crippen LogP contribution in [0.4, 0.5) is 0 Å². The fraction of sp³-hybridized carbons (Fsp3) is 0.733. The van der Waals surface area contributed by atoms with Gasteiger partial charge in [0.1, 0.15) is 0 Å². The summed E-state index contributed by atoms with van der Waals surface area (Å²) in [5.74, 6) is 0.549. The van der Waals surface area contributed by atoms with Crippen molar-refractivity contribution in [2.24, 2.45) is 5.92 Å². The van der Waals surface area contributed by atoms with Crippen molar-refractivity contribution >= 4 is 29.5 Å². The smallest absolute Gasteiger partial charge is 0.225 e. The minimum absolute atomic E-state index is 0.0346. The topological polar surface area (TPSA) is 65.1 Å². The highest BCUT2D eigenvalue weighted by atomic mass is 32.1. The molecule has 0 aliphatic heterocycles. The van der Waals surface area contributed by atoms with Crippen molar-refractivity contribution in [3.05, 3.63) is 14.5 Å². The fourth-order valence-corrected chi connectivity index (χ4v) is 4.40. The van der Waals surface area contributed by atoms with Crippen LogP contribution in [0, 0.1) is 16.8 Å². The summed E-state index contributed by atoms with van der Waals surface area (Å²) in [6.45, 7) is 2.07. The molecule has 1 fully saturated rings. The molecule has 0 saturated heterocycles. The normalized spacial score (nSPS) is 17.6. The second-order valence-corrected chi connectivity index (χ2v) is 7.60. The molecule has 1 unspecified atom stereocenters. The summed E-state index contributed by atoms with van der Waals surface area (Å²) >= 11 is 6.57.